The zero-order chi connectivity index (χ0) is 8.97. The van der Waals surface area contributed by atoms with Crippen molar-refractivity contribution < 1.29 is 4.39 Å². The molecule has 1 rings (SSSR count). The quantitative estimate of drug-likeness (QED) is 0.804. The van der Waals surface area contributed by atoms with Gasteiger partial charge in [-0.25, -0.2) is 0 Å². The van der Waals surface area contributed by atoms with Gasteiger partial charge in [0.2, 0.25) is 0 Å². The fourth-order valence-corrected chi connectivity index (χ4v) is 1.18. The highest BCUT2D eigenvalue weighted by Crippen LogP contribution is 2.14. The Bertz CT molecular complexity index is 252. The Kier molecular flexibility index (Phi) is 5.67. The van der Waals surface area contributed by atoms with Gasteiger partial charge in [0.05, 0.1) is 6.67 Å². The monoisotopic (exact) mass is 203 g/mol. The Balaban J connectivity index is 0.00000144. The molecule has 0 spiro atoms. The van der Waals surface area contributed by atoms with Crippen LogP contribution in [0.2, 0.25) is 0 Å². The number of benzene rings is 1. The van der Waals surface area contributed by atoms with Gasteiger partial charge in [-0.05, 0) is 18.9 Å². The molecule has 0 amide bonds. The zero-order valence-corrected chi connectivity index (χ0v) is 8.48. The number of hydrogen-bond donors (Lipinski definition) is 1. The molecule has 1 aromatic carbocycles. The molecule has 0 bridgehead atoms. The molecule has 0 aliphatic rings. The summed E-state index contributed by atoms with van der Waals surface area (Å²) in [4.78, 5) is 0. The zero-order valence-electron chi connectivity index (χ0n) is 7.66. The average molecular weight is 204 g/mol. The summed E-state index contributed by atoms with van der Waals surface area (Å²) in [5.41, 5.74) is 7.92. The Morgan fingerprint density at radius 2 is 2.15 bits per heavy atom. The number of hydrogen-bond acceptors (Lipinski definition) is 1. The molecular formula is C10H15ClFN. The number of halogens is 2. The summed E-state index contributed by atoms with van der Waals surface area (Å²) in [6.45, 7) is 1.65. The molecule has 13 heavy (non-hydrogen) atoms. The van der Waals surface area contributed by atoms with E-state index in [1.165, 1.54) is 5.56 Å². The van der Waals surface area contributed by atoms with Crippen molar-refractivity contribution in [1.29, 1.82) is 0 Å². The molecule has 0 radical (unpaired) electrons. The number of nitrogens with two attached hydrogens (primary N) is 1. The first-order valence-electron chi connectivity index (χ1n) is 4.12. The van der Waals surface area contributed by atoms with Crippen LogP contribution in [0.5, 0.6) is 0 Å². The lowest BCUT2D eigenvalue weighted by Crippen LogP contribution is -2.10. The van der Waals surface area contributed by atoms with Crippen molar-refractivity contribution in [3.8, 4) is 0 Å². The molecule has 74 valence electrons. The van der Waals surface area contributed by atoms with E-state index in [0.717, 1.165) is 5.56 Å². The SMILES string of the molecule is Cc1cccc([C@@H](N)CCF)c1.Cl. The second kappa shape index (κ2) is 5.95. The van der Waals surface area contributed by atoms with E-state index in [1.54, 1.807) is 0 Å². The van der Waals surface area contributed by atoms with E-state index < -0.39 is 0 Å². The van der Waals surface area contributed by atoms with Crippen LogP contribution in [0.4, 0.5) is 4.39 Å². The Labute approximate surface area is 84.5 Å². The predicted molar refractivity (Wildman–Crippen MR) is 55.9 cm³/mol. The molecule has 0 aromatic heterocycles. The average Bonchev–Trinajstić information content (AvgIpc) is 2.05. The highest BCUT2D eigenvalue weighted by Gasteiger charge is 2.04. The summed E-state index contributed by atoms with van der Waals surface area (Å²) >= 11 is 0. The fourth-order valence-electron chi connectivity index (χ4n) is 1.18. The molecule has 0 aliphatic carbocycles. The van der Waals surface area contributed by atoms with Gasteiger partial charge in [0.15, 0.2) is 0 Å². The lowest BCUT2D eigenvalue weighted by Gasteiger charge is -2.09. The van der Waals surface area contributed by atoms with E-state index in [4.69, 9.17) is 5.73 Å². The molecule has 1 atom stereocenters. The van der Waals surface area contributed by atoms with E-state index in [1.807, 2.05) is 31.2 Å². The second-order valence-corrected chi connectivity index (χ2v) is 3.00. The van der Waals surface area contributed by atoms with Gasteiger partial charge in [-0.15, -0.1) is 12.4 Å². The van der Waals surface area contributed by atoms with Gasteiger partial charge in [0.1, 0.15) is 0 Å². The first kappa shape index (κ1) is 12.4. The molecule has 3 heteroatoms. The van der Waals surface area contributed by atoms with E-state index in [2.05, 4.69) is 0 Å². The first-order chi connectivity index (χ1) is 5.74. The molecule has 0 fully saturated rings. The van der Waals surface area contributed by atoms with Crippen LogP contribution in [0, 0.1) is 6.92 Å². The highest BCUT2D eigenvalue weighted by molar-refractivity contribution is 5.85. The van der Waals surface area contributed by atoms with Gasteiger partial charge in [0, 0.05) is 6.04 Å². The van der Waals surface area contributed by atoms with Gasteiger partial charge in [-0.3, -0.25) is 4.39 Å². The van der Waals surface area contributed by atoms with E-state index in [9.17, 15) is 4.39 Å². The molecule has 2 N–H and O–H groups in total. The molecule has 0 heterocycles. The van der Waals surface area contributed by atoms with Crippen LogP contribution in [0.3, 0.4) is 0 Å². The Morgan fingerprint density at radius 3 is 2.69 bits per heavy atom. The largest absolute Gasteiger partial charge is 0.324 e. The normalized spacial score (nSPS) is 11.9. The van der Waals surface area contributed by atoms with Gasteiger partial charge >= 0.3 is 0 Å². The lowest BCUT2D eigenvalue weighted by molar-refractivity contribution is 0.442. The summed E-state index contributed by atoms with van der Waals surface area (Å²) < 4.78 is 11.9. The van der Waals surface area contributed by atoms with Crippen molar-refractivity contribution in [1.82, 2.24) is 0 Å². The minimum atomic E-state index is -0.352. The van der Waals surface area contributed by atoms with Gasteiger partial charge < -0.3 is 5.73 Å². The van der Waals surface area contributed by atoms with Crippen molar-refractivity contribution in [2.75, 3.05) is 6.67 Å². The van der Waals surface area contributed by atoms with Crippen molar-refractivity contribution in [3.05, 3.63) is 35.4 Å². The van der Waals surface area contributed by atoms with Crippen LogP contribution < -0.4 is 5.73 Å². The van der Waals surface area contributed by atoms with Crippen LogP contribution in [-0.4, -0.2) is 6.67 Å². The van der Waals surface area contributed by atoms with Gasteiger partial charge in [-0.1, -0.05) is 29.8 Å². The van der Waals surface area contributed by atoms with Crippen molar-refractivity contribution in [2.24, 2.45) is 5.73 Å². The molecular weight excluding hydrogens is 189 g/mol. The number of alkyl halides is 1. The lowest BCUT2D eigenvalue weighted by atomic mass is 10.0. The maximum atomic E-state index is 11.9. The van der Waals surface area contributed by atoms with Crippen LogP contribution in [0.15, 0.2) is 24.3 Å². The summed E-state index contributed by atoms with van der Waals surface area (Å²) in [7, 11) is 0. The minimum Gasteiger partial charge on any atom is -0.324 e. The van der Waals surface area contributed by atoms with E-state index in [0.29, 0.717) is 6.42 Å². The molecule has 0 aliphatic heterocycles. The van der Waals surface area contributed by atoms with Crippen molar-refractivity contribution in [2.45, 2.75) is 19.4 Å². The maximum Gasteiger partial charge on any atom is 0.0912 e. The molecule has 0 unspecified atom stereocenters. The van der Waals surface area contributed by atoms with E-state index >= 15 is 0 Å². The summed E-state index contributed by atoms with van der Waals surface area (Å²) in [5, 5.41) is 0. The summed E-state index contributed by atoms with van der Waals surface area (Å²) in [6, 6.07) is 7.73. The van der Waals surface area contributed by atoms with E-state index in [-0.39, 0.29) is 25.1 Å². The van der Waals surface area contributed by atoms with Gasteiger partial charge in [-0.2, -0.15) is 0 Å². The third kappa shape index (κ3) is 3.75. The second-order valence-electron chi connectivity index (χ2n) is 3.00. The fraction of sp³-hybridized carbons (Fsp3) is 0.400. The van der Waals surface area contributed by atoms with Crippen LogP contribution >= 0.6 is 12.4 Å². The summed E-state index contributed by atoms with van der Waals surface area (Å²) in [6.07, 6.45) is 0.406. The third-order valence-corrected chi connectivity index (χ3v) is 1.89. The smallest absolute Gasteiger partial charge is 0.0912 e. The Hall–Kier alpha value is -0.600. The molecule has 0 saturated heterocycles. The van der Waals surface area contributed by atoms with Crippen LogP contribution in [0.1, 0.15) is 23.6 Å². The van der Waals surface area contributed by atoms with Crippen molar-refractivity contribution in [3.63, 3.8) is 0 Å². The maximum absolute atomic E-state index is 11.9. The van der Waals surface area contributed by atoms with Crippen molar-refractivity contribution >= 4 is 12.4 Å². The number of aryl methyl sites for hydroxylation is 1. The predicted octanol–water partition coefficient (Wildman–Crippen LogP) is 2.78. The molecule has 0 saturated carbocycles. The topological polar surface area (TPSA) is 26.0 Å². The minimum absolute atomic E-state index is 0. The standard InChI is InChI=1S/C10H14FN.ClH/c1-8-3-2-4-9(7-8)10(12)5-6-11;/h2-4,7,10H,5-6,12H2,1H3;1H/t10-;/m0./s1. The highest BCUT2D eigenvalue weighted by atomic mass is 35.5. The number of rotatable bonds is 3. The van der Waals surface area contributed by atoms with Gasteiger partial charge in [0.25, 0.3) is 0 Å². The summed E-state index contributed by atoms with van der Waals surface area (Å²) in [5.74, 6) is 0. The molecule has 1 aromatic rings. The first-order valence-corrected chi connectivity index (χ1v) is 4.12. The van der Waals surface area contributed by atoms with Crippen LogP contribution in [-0.2, 0) is 0 Å². The van der Waals surface area contributed by atoms with Crippen LogP contribution in [0.25, 0.3) is 0 Å². The Morgan fingerprint density at radius 1 is 1.46 bits per heavy atom. The molecule has 1 nitrogen and oxygen atoms in total. The third-order valence-electron chi connectivity index (χ3n) is 1.89.